The van der Waals surface area contributed by atoms with Gasteiger partial charge in [-0.3, -0.25) is 5.21 Å². The van der Waals surface area contributed by atoms with Gasteiger partial charge in [0, 0.05) is 32.2 Å². The van der Waals surface area contributed by atoms with E-state index in [0.29, 0.717) is 37.0 Å². The van der Waals surface area contributed by atoms with E-state index in [0.717, 1.165) is 11.1 Å². The van der Waals surface area contributed by atoms with E-state index >= 15 is 0 Å². The van der Waals surface area contributed by atoms with Gasteiger partial charge in [-0.15, -0.1) is 27.5 Å². The van der Waals surface area contributed by atoms with Crippen molar-refractivity contribution in [3.63, 3.8) is 0 Å². The summed E-state index contributed by atoms with van der Waals surface area (Å²) in [7, 11) is -4.28. The van der Waals surface area contributed by atoms with Crippen molar-refractivity contribution < 1.29 is 13.6 Å². The van der Waals surface area contributed by atoms with Crippen LogP contribution in [0.1, 0.15) is 5.56 Å². The first-order valence-corrected chi connectivity index (χ1v) is 14.1. The molecule has 0 amide bonds. The van der Waals surface area contributed by atoms with Gasteiger partial charge in [-0.25, -0.2) is 10.5 Å². The zero-order chi connectivity index (χ0) is 25.0. The van der Waals surface area contributed by atoms with Gasteiger partial charge in [0.1, 0.15) is 9.90 Å². The molecule has 4 aromatic rings. The number of halogens is 2. The first kappa shape index (κ1) is 25.5. The highest BCUT2D eigenvalue weighted by molar-refractivity contribution is 7.99. The third-order valence-corrected chi connectivity index (χ3v) is 8.78. The lowest BCUT2D eigenvalue weighted by atomic mass is 10.2. The molecule has 0 saturated heterocycles. The number of nitrogens with two attached hydrogens (primary N) is 1. The molecule has 0 aliphatic rings. The van der Waals surface area contributed by atoms with Crippen LogP contribution < -0.4 is 11.2 Å². The lowest BCUT2D eigenvalue weighted by molar-refractivity contribution is 0.233. The number of aromatic nitrogens is 1. The monoisotopic (exact) mass is 564 g/mol. The first-order valence-electron chi connectivity index (χ1n) is 9.99. The molecule has 0 aliphatic heterocycles. The number of guanidine groups is 1. The van der Waals surface area contributed by atoms with Crippen LogP contribution in [-0.4, -0.2) is 24.6 Å². The summed E-state index contributed by atoms with van der Waals surface area (Å²) in [5.74, 6) is -0.145. The molecule has 3 aromatic carbocycles. The molecule has 0 bridgehead atoms. The van der Waals surface area contributed by atoms with Crippen molar-refractivity contribution in [2.75, 3.05) is 0 Å². The molecule has 0 aliphatic carbocycles. The molecule has 35 heavy (non-hydrogen) atoms. The fourth-order valence-electron chi connectivity index (χ4n) is 3.10. The lowest BCUT2D eigenvalue weighted by Crippen LogP contribution is -2.29. The van der Waals surface area contributed by atoms with Crippen LogP contribution in [0.3, 0.4) is 0 Å². The molecule has 0 fully saturated rings. The molecule has 0 unspecified atom stereocenters. The van der Waals surface area contributed by atoms with Crippen molar-refractivity contribution in [1.29, 1.82) is 0 Å². The van der Waals surface area contributed by atoms with Crippen molar-refractivity contribution in [2.24, 2.45) is 10.1 Å². The quantitative estimate of drug-likeness (QED) is 0.108. The van der Waals surface area contributed by atoms with E-state index in [1.807, 2.05) is 47.8 Å². The highest BCUT2D eigenvalue weighted by atomic mass is 35.5. The van der Waals surface area contributed by atoms with Gasteiger partial charge in [0.25, 0.3) is 10.0 Å². The predicted molar refractivity (Wildman–Crippen MR) is 143 cm³/mol. The molecular formula is C23H18Cl2N4O3S3. The Morgan fingerprint density at radius 2 is 1.83 bits per heavy atom. The van der Waals surface area contributed by atoms with Crippen LogP contribution in [0.25, 0.3) is 21.8 Å². The van der Waals surface area contributed by atoms with Crippen LogP contribution in [0.4, 0.5) is 0 Å². The Labute approximate surface area is 220 Å². The highest BCUT2D eigenvalue weighted by Gasteiger charge is 2.23. The van der Waals surface area contributed by atoms with Gasteiger partial charge in [0.05, 0.1) is 10.7 Å². The molecule has 4 rings (SSSR count). The van der Waals surface area contributed by atoms with Crippen LogP contribution in [0.2, 0.25) is 10.0 Å². The number of hydrogen-bond donors (Lipinski definition) is 3. The average Bonchev–Trinajstić information content (AvgIpc) is 3.33. The highest BCUT2D eigenvalue weighted by Crippen LogP contribution is 2.40. The summed E-state index contributed by atoms with van der Waals surface area (Å²) in [6.45, 7) is 0. The van der Waals surface area contributed by atoms with E-state index in [-0.39, 0.29) is 4.90 Å². The van der Waals surface area contributed by atoms with Gasteiger partial charge < -0.3 is 5.73 Å². The fraction of sp³-hybridized carbons (Fsp3) is 0.0435. The summed E-state index contributed by atoms with van der Waals surface area (Å²) in [6.07, 6.45) is 0. The zero-order valence-corrected chi connectivity index (χ0v) is 21.8. The zero-order valence-electron chi connectivity index (χ0n) is 17.9. The number of thiazole rings is 1. The molecule has 0 radical (unpaired) electrons. The summed E-state index contributed by atoms with van der Waals surface area (Å²) < 4.78 is 29.6. The fourth-order valence-corrected chi connectivity index (χ4v) is 6.85. The van der Waals surface area contributed by atoms with E-state index in [4.69, 9.17) is 34.1 Å². The van der Waals surface area contributed by atoms with Crippen molar-refractivity contribution in [1.82, 2.24) is 10.5 Å². The van der Waals surface area contributed by atoms with Crippen molar-refractivity contribution >= 4 is 62.3 Å². The molecule has 7 nitrogen and oxygen atoms in total. The van der Waals surface area contributed by atoms with Gasteiger partial charge in [0.15, 0.2) is 0 Å². The maximum absolute atomic E-state index is 13.1. The van der Waals surface area contributed by atoms with Gasteiger partial charge in [-0.1, -0.05) is 65.7 Å². The molecule has 0 spiro atoms. The van der Waals surface area contributed by atoms with Gasteiger partial charge in [0.2, 0.25) is 5.96 Å². The number of sulfonamides is 1. The minimum Gasteiger partial charge on any atom is -0.367 e. The Hall–Kier alpha value is -2.60. The summed E-state index contributed by atoms with van der Waals surface area (Å²) in [4.78, 5) is 4.94. The van der Waals surface area contributed by atoms with E-state index in [9.17, 15) is 8.42 Å². The van der Waals surface area contributed by atoms with Gasteiger partial charge in [-0.05, 0) is 29.8 Å². The number of nitrogens with zero attached hydrogens (tertiary/aromatic N) is 2. The number of hydrogen-bond acceptors (Lipinski definition) is 6. The number of benzene rings is 3. The third-order valence-electron chi connectivity index (χ3n) is 4.76. The van der Waals surface area contributed by atoms with E-state index in [1.54, 1.807) is 23.7 Å². The van der Waals surface area contributed by atoms with E-state index < -0.39 is 16.0 Å². The Bertz CT molecular complexity index is 1480. The third kappa shape index (κ3) is 6.16. The molecule has 180 valence electrons. The van der Waals surface area contributed by atoms with Gasteiger partial charge >= 0.3 is 0 Å². The Morgan fingerprint density at radius 1 is 1.11 bits per heavy atom. The maximum atomic E-state index is 13.1. The summed E-state index contributed by atoms with van der Waals surface area (Å²) in [6, 6.07) is 19.8. The minimum atomic E-state index is -4.28. The second kappa shape index (κ2) is 11.0. The minimum absolute atomic E-state index is 0.0979. The number of hydroxylamine groups is 1. The maximum Gasteiger partial charge on any atom is 0.286 e. The second-order valence-corrected chi connectivity index (χ2v) is 11.5. The average molecular weight is 566 g/mol. The van der Waals surface area contributed by atoms with E-state index in [2.05, 4.69) is 9.38 Å². The van der Waals surface area contributed by atoms with Crippen LogP contribution in [0.5, 0.6) is 0 Å². The smallest absolute Gasteiger partial charge is 0.286 e. The molecule has 0 atom stereocenters. The Balaban J connectivity index is 1.77. The molecular weight excluding hydrogens is 547 g/mol. The topological polar surface area (TPSA) is 118 Å². The molecule has 4 N–H and O–H groups in total. The normalized spacial score (nSPS) is 12.0. The number of nitrogens with one attached hydrogen (secondary N) is 1. The predicted octanol–water partition coefficient (Wildman–Crippen LogP) is 6.06. The van der Waals surface area contributed by atoms with Crippen LogP contribution in [-0.2, 0) is 15.8 Å². The Kier molecular flexibility index (Phi) is 8.00. The lowest BCUT2D eigenvalue weighted by Gasteiger charge is -2.12. The SMILES string of the molecule is N/C(=N\S(=O)(=O)c1cc(-c2nc(-c3ccc(Cl)cc3)cs2)c(Cl)cc1SCc1ccccc1)NO. The standard InChI is InChI=1S/C23H18Cl2N4O3S3/c24-16-8-6-15(7-9-16)19-13-34-22(27-19)17-10-21(35(31,32)29-23(26)28-30)20(11-18(17)25)33-12-14-4-2-1-3-5-14/h1-11,13,30H,12H2,(H3,26,28,29). The first-order chi connectivity index (χ1) is 16.8. The molecule has 0 saturated carbocycles. The number of thioether (sulfide) groups is 1. The molecule has 12 heteroatoms. The summed E-state index contributed by atoms with van der Waals surface area (Å²) >= 11 is 15.2. The van der Waals surface area contributed by atoms with Crippen LogP contribution in [0, 0.1) is 0 Å². The Morgan fingerprint density at radius 3 is 2.51 bits per heavy atom. The largest absolute Gasteiger partial charge is 0.367 e. The van der Waals surface area contributed by atoms with Crippen molar-refractivity contribution in [2.45, 2.75) is 15.5 Å². The van der Waals surface area contributed by atoms with Crippen LogP contribution >= 0.6 is 46.3 Å². The van der Waals surface area contributed by atoms with Gasteiger partial charge in [-0.2, -0.15) is 8.42 Å². The number of rotatable bonds is 7. The summed E-state index contributed by atoms with van der Waals surface area (Å²) in [5, 5.41) is 12.3. The second-order valence-electron chi connectivity index (χ2n) is 7.16. The van der Waals surface area contributed by atoms with E-state index in [1.165, 1.54) is 29.2 Å². The molecule has 1 aromatic heterocycles. The van der Waals surface area contributed by atoms with Crippen LogP contribution in [0.15, 0.2) is 86.3 Å². The summed E-state index contributed by atoms with van der Waals surface area (Å²) in [5.41, 5.74) is 9.99. The molecule has 1 heterocycles. The van der Waals surface area contributed by atoms with Crippen molar-refractivity contribution in [3.05, 3.63) is 87.7 Å². The van der Waals surface area contributed by atoms with Crippen molar-refractivity contribution in [3.8, 4) is 21.8 Å².